The van der Waals surface area contributed by atoms with Gasteiger partial charge in [0.15, 0.2) is 5.96 Å². The summed E-state index contributed by atoms with van der Waals surface area (Å²) in [6.45, 7) is 8.91. The third-order valence-electron chi connectivity index (χ3n) is 5.53. The standard InChI is InChI=1S/C21H35N5O.HI/c1-22-21(23-10-13-25-11-6-3-7-12-25)24-18-20(19-8-4-2-5-9-19)26-14-16-27-17-15-26;/h2,4-5,8-9,20H,3,6-7,10-18H2,1H3,(H2,22,23,24);1H. The van der Waals surface area contributed by atoms with E-state index in [1.165, 1.54) is 37.9 Å². The van der Waals surface area contributed by atoms with Crippen LogP contribution >= 0.6 is 24.0 Å². The largest absolute Gasteiger partial charge is 0.379 e. The zero-order chi connectivity index (χ0) is 18.7. The molecule has 2 N–H and O–H groups in total. The molecule has 2 saturated heterocycles. The van der Waals surface area contributed by atoms with Gasteiger partial charge < -0.3 is 20.3 Å². The molecule has 2 aliphatic rings. The lowest BCUT2D eigenvalue weighted by molar-refractivity contribution is 0.0170. The summed E-state index contributed by atoms with van der Waals surface area (Å²) in [6, 6.07) is 11.1. The van der Waals surface area contributed by atoms with E-state index in [0.717, 1.165) is 51.9 Å². The maximum Gasteiger partial charge on any atom is 0.191 e. The molecule has 1 aromatic carbocycles. The van der Waals surface area contributed by atoms with Gasteiger partial charge in [0.05, 0.1) is 19.3 Å². The van der Waals surface area contributed by atoms with Crippen LogP contribution in [0.25, 0.3) is 0 Å². The van der Waals surface area contributed by atoms with Crippen LogP contribution in [0.5, 0.6) is 0 Å². The highest BCUT2D eigenvalue weighted by atomic mass is 127. The first-order valence-corrected chi connectivity index (χ1v) is 10.4. The van der Waals surface area contributed by atoms with Crippen molar-refractivity contribution in [3.05, 3.63) is 35.9 Å². The van der Waals surface area contributed by atoms with E-state index in [1.54, 1.807) is 0 Å². The van der Waals surface area contributed by atoms with Crippen molar-refractivity contribution in [2.45, 2.75) is 25.3 Å². The highest BCUT2D eigenvalue weighted by molar-refractivity contribution is 14.0. The average molecular weight is 501 g/mol. The van der Waals surface area contributed by atoms with Crippen LogP contribution in [0.1, 0.15) is 30.9 Å². The Morgan fingerprint density at radius 1 is 1.04 bits per heavy atom. The Morgan fingerprint density at radius 2 is 1.75 bits per heavy atom. The lowest BCUT2D eigenvalue weighted by Crippen LogP contribution is -2.47. The van der Waals surface area contributed by atoms with Gasteiger partial charge in [-0.1, -0.05) is 36.8 Å². The highest BCUT2D eigenvalue weighted by Gasteiger charge is 2.22. The summed E-state index contributed by atoms with van der Waals surface area (Å²) in [5.74, 6) is 0.890. The molecule has 0 amide bonds. The van der Waals surface area contributed by atoms with Crippen molar-refractivity contribution in [1.82, 2.24) is 20.4 Å². The third-order valence-corrected chi connectivity index (χ3v) is 5.53. The zero-order valence-electron chi connectivity index (χ0n) is 17.1. The molecule has 0 spiro atoms. The van der Waals surface area contributed by atoms with Gasteiger partial charge in [0.2, 0.25) is 0 Å². The molecule has 0 aliphatic carbocycles. The molecule has 0 saturated carbocycles. The number of aliphatic imine (C=N–C) groups is 1. The minimum absolute atomic E-state index is 0. The van der Waals surface area contributed by atoms with Crippen LogP contribution in [0.4, 0.5) is 0 Å². The maximum absolute atomic E-state index is 5.54. The third kappa shape index (κ3) is 7.50. The summed E-state index contributed by atoms with van der Waals surface area (Å²) in [4.78, 5) is 9.47. The van der Waals surface area contributed by atoms with Crippen LogP contribution in [0, 0.1) is 0 Å². The Bertz CT molecular complexity index is 559. The fourth-order valence-electron chi connectivity index (χ4n) is 3.95. The first kappa shape index (κ1) is 23.4. The molecule has 158 valence electrons. The van der Waals surface area contributed by atoms with Crippen molar-refractivity contribution < 1.29 is 4.74 Å². The predicted octanol–water partition coefficient (Wildman–Crippen LogP) is 2.33. The summed E-state index contributed by atoms with van der Waals surface area (Å²) in [7, 11) is 1.85. The van der Waals surface area contributed by atoms with Crippen LogP contribution in [0.3, 0.4) is 0 Å². The van der Waals surface area contributed by atoms with Gasteiger partial charge in [-0.2, -0.15) is 0 Å². The number of rotatable bonds is 7. The monoisotopic (exact) mass is 501 g/mol. The summed E-state index contributed by atoms with van der Waals surface area (Å²) in [5, 5.41) is 7.02. The Kier molecular flexibility index (Phi) is 11.1. The number of nitrogens with one attached hydrogen (secondary N) is 2. The normalized spacial score (nSPS) is 20.2. The maximum atomic E-state index is 5.54. The molecule has 3 rings (SSSR count). The van der Waals surface area contributed by atoms with Gasteiger partial charge in [0, 0.05) is 39.8 Å². The number of hydrogen-bond donors (Lipinski definition) is 2. The Balaban J connectivity index is 0.00000280. The molecule has 2 heterocycles. The topological polar surface area (TPSA) is 52.1 Å². The molecule has 2 aliphatic heterocycles. The molecular weight excluding hydrogens is 465 g/mol. The number of hydrogen-bond acceptors (Lipinski definition) is 4. The van der Waals surface area contributed by atoms with Gasteiger partial charge in [-0.15, -0.1) is 24.0 Å². The lowest BCUT2D eigenvalue weighted by Gasteiger charge is -2.35. The molecule has 6 nitrogen and oxygen atoms in total. The molecule has 0 aromatic heterocycles. The summed E-state index contributed by atoms with van der Waals surface area (Å²) < 4.78 is 5.54. The van der Waals surface area contributed by atoms with Crippen molar-refractivity contribution in [3.8, 4) is 0 Å². The first-order chi connectivity index (χ1) is 13.4. The Morgan fingerprint density at radius 3 is 2.43 bits per heavy atom. The van der Waals surface area contributed by atoms with Crippen LogP contribution in [-0.2, 0) is 4.74 Å². The van der Waals surface area contributed by atoms with Crippen molar-refractivity contribution in [3.63, 3.8) is 0 Å². The van der Waals surface area contributed by atoms with Gasteiger partial charge >= 0.3 is 0 Å². The minimum Gasteiger partial charge on any atom is -0.379 e. The quantitative estimate of drug-likeness (QED) is 0.342. The number of nitrogens with zero attached hydrogens (tertiary/aromatic N) is 3. The SMILES string of the molecule is CN=C(NCCN1CCCCC1)NCC(c1ccccc1)N1CCOCC1.I. The molecule has 0 bridgehead atoms. The van der Waals surface area contributed by atoms with E-state index in [9.17, 15) is 0 Å². The number of guanidine groups is 1. The van der Waals surface area contributed by atoms with Crippen LogP contribution in [0.15, 0.2) is 35.3 Å². The van der Waals surface area contributed by atoms with E-state index in [1.807, 2.05) is 7.05 Å². The summed E-state index contributed by atoms with van der Waals surface area (Å²) in [6.07, 6.45) is 4.06. The average Bonchev–Trinajstić information content (AvgIpc) is 2.75. The molecule has 7 heteroatoms. The highest BCUT2D eigenvalue weighted by Crippen LogP contribution is 2.21. The Hall–Kier alpha value is -0.900. The molecule has 2 fully saturated rings. The lowest BCUT2D eigenvalue weighted by atomic mass is 10.0. The molecule has 1 unspecified atom stereocenters. The van der Waals surface area contributed by atoms with E-state index in [0.29, 0.717) is 6.04 Å². The van der Waals surface area contributed by atoms with Crippen molar-refractivity contribution >= 4 is 29.9 Å². The molecule has 0 radical (unpaired) electrons. The van der Waals surface area contributed by atoms with Crippen molar-refractivity contribution in [2.75, 3.05) is 66.1 Å². The predicted molar refractivity (Wildman–Crippen MR) is 127 cm³/mol. The number of ether oxygens (including phenoxy) is 1. The second kappa shape index (κ2) is 13.3. The number of halogens is 1. The second-order valence-electron chi connectivity index (χ2n) is 7.36. The van der Waals surface area contributed by atoms with E-state index in [2.05, 4.69) is 55.8 Å². The van der Waals surface area contributed by atoms with Crippen molar-refractivity contribution in [1.29, 1.82) is 0 Å². The number of piperidine rings is 1. The number of morpholine rings is 1. The Labute approximate surface area is 187 Å². The zero-order valence-corrected chi connectivity index (χ0v) is 19.4. The fraction of sp³-hybridized carbons (Fsp3) is 0.667. The smallest absolute Gasteiger partial charge is 0.191 e. The van der Waals surface area contributed by atoms with Gasteiger partial charge in [0.25, 0.3) is 0 Å². The second-order valence-corrected chi connectivity index (χ2v) is 7.36. The van der Waals surface area contributed by atoms with E-state index in [4.69, 9.17) is 4.74 Å². The van der Waals surface area contributed by atoms with Gasteiger partial charge in [-0.3, -0.25) is 9.89 Å². The molecular formula is C21H36IN5O. The summed E-state index contributed by atoms with van der Waals surface area (Å²) in [5.41, 5.74) is 1.34. The van der Waals surface area contributed by atoms with Crippen LogP contribution in [0.2, 0.25) is 0 Å². The molecule has 28 heavy (non-hydrogen) atoms. The van der Waals surface area contributed by atoms with Crippen LogP contribution in [-0.4, -0.2) is 81.8 Å². The molecule has 1 aromatic rings. The molecule has 1 atom stereocenters. The number of benzene rings is 1. The summed E-state index contributed by atoms with van der Waals surface area (Å²) >= 11 is 0. The first-order valence-electron chi connectivity index (χ1n) is 10.4. The van der Waals surface area contributed by atoms with E-state index < -0.39 is 0 Å². The fourth-order valence-corrected chi connectivity index (χ4v) is 3.95. The van der Waals surface area contributed by atoms with E-state index >= 15 is 0 Å². The van der Waals surface area contributed by atoms with Crippen molar-refractivity contribution in [2.24, 2.45) is 4.99 Å². The van der Waals surface area contributed by atoms with Crippen LogP contribution < -0.4 is 10.6 Å². The minimum atomic E-state index is 0. The van der Waals surface area contributed by atoms with Gasteiger partial charge in [0.1, 0.15) is 0 Å². The van der Waals surface area contributed by atoms with Gasteiger partial charge in [-0.25, -0.2) is 0 Å². The number of likely N-dealkylation sites (tertiary alicyclic amines) is 1. The van der Waals surface area contributed by atoms with E-state index in [-0.39, 0.29) is 24.0 Å². The van der Waals surface area contributed by atoms with Gasteiger partial charge in [-0.05, 0) is 31.5 Å².